The molecule has 2 aliphatic rings. The summed E-state index contributed by atoms with van der Waals surface area (Å²) in [6.07, 6.45) is 11.5. The second kappa shape index (κ2) is 6.72. The Morgan fingerprint density at radius 1 is 1.06 bits per heavy atom. The molecule has 0 atom stereocenters. The minimum atomic E-state index is 0.131. The maximum atomic E-state index is 8.59. The molecule has 0 aliphatic heterocycles. The highest BCUT2D eigenvalue weighted by atomic mass is 16.5. The van der Waals surface area contributed by atoms with Gasteiger partial charge in [-0.05, 0) is 43.9 Å². The smallest absolute Gasteiger partial charge is 0.0698 e. The first-order valence-corrected chi connectivity index (χ1v) is 7.27. The van der Waals surface area contributed by atoms with E-state index in [1.54, 1.807) is 0 Å². The predicted molar refractivity (Wildman–Crippen MR) is 69.1 cm³/mol. The van der Waals surface area contributed by atoms with Gasteiger partial charge in [-0.1, -0.05) is 12.8 Å². The number of nitrogens with one attached hydrogen (secondary N) is 1. The summed E-state index contributed by atoms with van der Waals surface area (Å²) >= 11 is 0. The van der Waals surface area contributed by atoms with Crippen molar-refractivity contribution in [3.05, 3.63) is 0 Å². The molecule has 0 aromatic heterocycles. The van der Waals surface area contributed by atoms with Crippen LogP contribution in [0.1, 0.15) is 51.4 Å². The molecule has 2 rings (SSSR count). The number of rotatable bonds is 6. The van der Waals surface area contributed by atoms with Crippen LogP contribution in [0.25, 0.3) is 0 Å². The molecule has 0 amide bonds. The third kappa shape index (κ3) is 3.94. The Labute approximate surface area is 105 Å². The maximum absolute atomic E-state index is 8.59. The quantitative estimate of drug-likeness (QED) is 0.700. The van der Waals surface area contributed by atoms with Crippen molar-refractivity contribution in [2.45, 2.75) is 57.4 Å². The van der Waals surface area contributed by atoms with Crippen LogP contribution in [0.15, 0.2) is 0 Å². The molecule has 3 nitrogen and oxygen atoms in total. The van der Waals surface area contributed by atoms with Crippen LogP contribution in [0.5, 0.6) is 0 Å². The molecule has 0 unspecified atom stereocenters. The minimum absolute atomic E-state index is 0.131. The van der Waals surface area contributed by atoms with Crippen LogP contribution in [0.4, 0.5) is 0 Å². The maximum Gasteiger partial charge on any atom is 0.0698 e. The van der Waals surface area contributed by atoms with Gasteiger partial charge < -0.3 is 15.2 Å². The molecule has 0 saturated heterocycles. The van der Waals surface area contributed by atoms with E-state index in [0.29, 0.717) is 12.6 Å². The van der Waals surface area contributed by atoms with Crippen LogP contribution in [0, 0.1) is 5.41 Å². The van der Waals surface area contributed by atoms with Gasteiger partial charge in [-0.3, -0.25) is 0 Å². The summed E-state index contributed by atoms with van der Waals surface area (Å²) in [5.41, 5.74) is 0.742. The fraction of sp³-hybridized carbons (Fsp3) is 1.00. The van der Waals surface area contributed by atoms with Crippen molar-refractivity contribution < 1.29 is 9.84 Å². The van der Waals surface area contributed by atoms with Crippen LogP contribution in [0.3, 0.4) is 0 Å². The summed E-state index contributed by atoms with van der Waals surface area (Å²) in [4.78, 5) is 0. The zero-order chi connectivity index (χ0) is 12.0. The van der Waals surface area contributed by atoms with Crippen LogP contribution in [-0.2, 0) is 4.74 Å². The van der Waals surface area contributed by atoms with Crippen molar-refractivity contribution in [1.82, 2.24) is 5.32 Å². The average Bonchev–Trinajstić information content (AvgIpc) is 2.80. The lowest BCUT2D eigenvalue weighted by Gasteiger charge is -2.37. The second-order valence-corrected chi connectivity index (χ2v) is 5.77. The summed E-state index contributed by atoms with van der Waals surface area (Å²) in [6.45, 7) is 2.25. The predicted octanol–water partition coefficient (Wildman–Crippen LogP) is 2.09. The van der Waals surface area contributed by atoms with Gasteiger partial charge in [0.15, 0.2) is 0 Å². The molecule has 0 radical (unpaired) electrons. The van der Waals surface area contributed by atoms with Gasteiger partial charge in [0, 0.05) is 12.6 Å². The van der Waals surface area contributed by atoms with E-state index in [2.05, 4.69) is 5.32 Å². The zero-order valence-electron chi connectivity index (χ0n) is 10.9. The molecule has 0 aromatic rings. The molecule has 17 heavy (non-hydrogen) atoms. The van der Waals surface area contributed by atoms with Gasteiger partial charge in [-0.2, -0.15) is 0 Å². The van der Waals surface area contributed by atoms with Crippen molar-refractivity contribution in [3.8, 4) is 0 Å². The Kier molecular flexibility index (Phi) is 5.26. The van der Waals surface area contributed by atoms with E-state index in [9.17, 15) is 0 Å². The van der Waals surface area contributed by atoms with E-state index in [1.807, 2.05) is 0 Å². The lowest BCUT2D eigenvalue weighted by molar-refractivity contribution is 0.0892. The van der Waals surface area contributed by atoms with Crippen molar-refractivity contribution in [2.75, 3.05) is 26.4 Å². The summed E-state index contributed by atoms with van der Waals surface area (Å²) in [5.74, 6) is 0. The number of ether oxygens (including phenoxy) is 1. The standard InChI is InChI=1S/C14H27NO2/c16-10-12-17-11-9-15-13-3-7-14(8-4-13)5-1-2-6-14/h13,15-16H,1-12H2. The highest BCUT2D eigenvalue weighted by Gasteiger charge is 2.37. The lowest BCUT2D eigenvalue weighted by atomic mass is 9.71. The van der Waals surface area contributed by atoms with Crippen molar-refractivity contribution in [3.63, 3.8) is 0 Å². The highest BCUT2D eigenvalue weighted by molar-refractivity contribution is 4.91. The van der Waals surface area contributed by atoms with Gasteiger partial charge in [0.05, 0.1) is 19.8 Å². The molecule has 2 fully saturated rings. The average molecular weight is 241 g/mol. The van der Waals surface area contributed by atoms with Gasteiger partial charge in [-0.25, -0.2) is 0 Å². The van der Waals surface area contributed by atoms with Crippen LogP contribution < -0.4 is 5.32 Å². The first-order chi connectivity index (χ1) is 8.35. The fourth-order valence-electron chi connectivity index (χ4n) is 3.56. The molecule has 2 saturated carbocycles. The molecule has 2 N–H and O–H groups in total. The molecule has 0 bridgehead atoms. The van der Waals surface area contributed by atoms with Crippen molar-refractivity contribution in [2.24, 2.45) is 5.41 Å². The van der Waals surface area contributed by atoms with Gasteiger partial charge >= 0.3 is 0 Å². The molecule has 100 valence electrons. The monoisotopic (exact) mass is 241 g/mol. The first-order valence-electron chi connectivity index (χ1n) is 7.27. The van der Waals surface area contributed by atoms with Crippen molar-refractivity contribution >= 4 is 0 Å². The van der Waals surface area contributed by atoms with E-state index in [-0.39, 0.29) is 6.61 Å². The Morgan fingerprint density at radius 3 is 2.41 bits per heavy atom. The SMILES string of the molecule is OCCOCCNC1CCC2(CCCC2)CC1. The molecule has 0 heterocycles. The summed E-state index contributed by atoms with van der Waals surface area (Å²) in [5, 5.41) is 12.2. The first kappa shape index (κ1) is 13.3. The molecule has 0 aromatic carbocycles. The van der Waals surface area contributed by atoms with E-state index in [1.165, 1.54) is 51.4 Å². The van der Waals surface area contributed by atoms with Crippen LogP contribution >= 0.6 is 0 Å². The fourth-order valence-corrected chi connectivity index (χ4v) is 3.56. The third-order valence-electron chi connectivity index (χ3n) is 4.63. The number of aliphatic hydroxyl groups is 1. The zero-order valence-corrected chi connectivity index (χ0v) is 10.9. The van der Waals surface area contributed by atoms with Gasteiger partial charge in [0.25, 0.3) is 0 Å². The van der Waals surface area contributed by atoms with Crippen molar-refractivity contribution in [1.29, 1.82) is 0 Å². The van der Waals surface area contributed by atoms with Crippen LogP contribution in [-0.4, -0.2) is 37.5 Å². The molecule has 2 aliphatic carbocycles. The molecular weight excluding hydrogens is 214 g/mol. The van der Waals surface area contributed by atoms with E-state index >= 15 is 0 Å². The van der Waals surface area contributed by atoms with Gasteiger partial charge in [0.2, 0.25) is 0 Å². The van der Waals surface area contributed by atoms with Gasteiger partial charge in [-0.15, -0.1) is 0 Å². The minimum Gasteiger partial charge on any atom is -0.394 e. The third-order valence-corrected chi connectivity index (χ3v) is 4.63. The number of hydrogen-bond acceptors (Lipinski definition) is 3. The highest BCUT2D eigenvalue weighted by Crippen LogP contribution is 2.48. The largest absolute Gasteiger partial charge is 0.394 e. The van der Waals surface area contributed by atoms with E-state index in [0.717, 1.165) is 18.6 Å². The van der Waals surface area contributed by atoms with E-state index < -0.39 is 0 Å². The van der Waals surface area contributed by atoms with E-state index in [4.69, 9.17) is 9.84 Å². The summed E-state index contributed by atoms with van der Waals surface area (Å²) in [7, 11) is 0. The topological polar surface area (TPSA) is 41.5 Å². The molecular formula is C14H27NO2. The molecule has 3 heteroatoms. The number of hydrogen-bond donors (Lipinski definition) is 2. The lowest BCUT2D eigenvalue weighted by Crippen LogP contribution is -2.38. The summed E-state index contributed by atoms with van der Waals surface area (Å²) in [6, 6.07) is 0.707. The van der Waals surface area contributed by atoms with Crippen LogP contribution in [0.2, 0.25) is 0 Å². The Bertz CT molecular complexity index is 204. The Balaban J connectivity index is 1.56. The number of aliphatic hydroxyl groups excluding tert-OH is 1. The normalized spacial score (nSPS) is 24.5. The van der Waals surface area contributed by atoms with Gasteiger partial charge in [0.1, 0.15) is 0 Å². The summed E-state index contributed by atoms with van der Waals surface area (Å²) < 4.78 is 5.25. The Morgan fingerprint density at radius 2 is 1.76 bits per heavy atom. The molecule has 1 spiro atoms. The Hall–Kier alpha value is -0.120. The second-order valence-electron chi connectivity index (χ2n) is 5.77.